The Labute approximate surface area is 243 Å². The third-order valence-corrected chi connectivity index (χ3v) is 7.64. The summed E-state index contributed by atoms with van der Waals surface area (Å²) >= 11 is 9.66. The van der Waals surface area contributed by atoms with Crippen LogP contribution in [0.2, 0.25) is 5.02 Å². The van der Waals surface area contributed by atoms with E-state index in [2.05, 4.69) is 29.5 Å². The van der Waals surface area contributed by atoms with Gasteiger partial charge in [0.1, 0.15) is 23.7 Å². The highest BCUT2D eigenvalue weighted by Crippen LogP contribution is 2.38. The Balaban J connectivity index is 0.00000205. The second-order valence-electron chi connectivity index (χ2n) is 8.70. The molecule has 7 nitrogen and oxygen atoms in total. The summed E-state index contributed by atoms with van der Waals surface area (Å²) < 4.78 is 10.8. The number of methoxy groups -OCH3 is 1. The second kappa shape index (κ2) is 15.0. The van der Waals surface area contributed by atoms with Gasteiger partial charge in [0.05, 0.1) is 17.8 Å². The maximum atomic E-state index is 12.6. The number of esters is 1. The van der Waals surface area contributed by atoms with Gasteiger partial charge in [-0.3, -0.25) is 0 Å². The fourth-order valence-electron chi connectivity index (χ4n) is 3.68. The van der Waals surface area contributed by atoms with E-state index in [4.69, 9.17) is 26.1 Å². The molecule has 0 aliphatic heterocycles. The first-order valence-electron chi connectivity index (χ1n) is 12.9. The van der Waals surface area contributed by atoms with Crippen molar-refractivity contribution in [2.75, 3.05) is 32.6 Å². The number of halogens is 1. The van der Waals surface area contributed by atoms with E-state index in [1.165, 1.54) is 18.4 Å². The van der Waals surface area contributed by atoms with Crippen LogP contribution in [0.3, 0.4) is 0 Å². The topological polar surface area (TPSA) is 85.4 Å². The van der Waals surface area contributed by atoms with E-state index < -0.39 is 5.97 Å². The Kier molecular flexibility index (Phi) is 11.7. The number of hydrogen-bond acceptors (Lipinski definition) is 9. The predicted molar refractivity (Wildman–Crippen MR) is 164 cm³/mol. The van der Waals surface area contributed by atoms with Crippen molar-refractivity contribution in [3.8, 4) is 27.4 Å². The summed E-state index contributed by atoms with van der Waals surface area (Å²) in [5.74, 6) is 1.00. The van der Waals surface area contributed by atoms with E-state index in [1.807, 2.05) is 56.6 Å². The second-order valence-corrected chi connectivity index (χ2v) is 11.1. The molecule has 0 aliphatic carbocycles. The number of anilines is 2. The van der Waals surface area contributed by atoms with Crippen molar-refractivity contribution in [2.24, 2.45) is 5.92 Å². The highest BCUT2D eigenvalue weighted by Gasteiger charge is 2.20. The average molecular weight is 587 g/mol. The van der Waals surface area contributed by atoms with Crippen LogP contribution >= 0.6 is 34.3 Å². The molecule has 10 heteroatoms. The summed E-state index contributed by atoms with van der Waals surface area (Å²) in [6.45, 7) is 9.60. The van der Waals surface area contributed by atoms with E-state index in [0.29, 0.717) is 39.8 Å². The molecule has 0 atom stereocenters. The smallest absolute Gasteiger partial charge is 0.341 e. The lowest BCUT2D eigenvalue weighted by molar-refractivity contribution is 0.0601. The lowest BCUT2D eigenvalue weighted by atomic mass is 10.0. The van der Waals surface area contributed by atoms with Crippen LogP contribution in [-0.2, 0) is 11.2 Å². The average Bonchev–Trinajstić information content (AvgIpc) is 3.61. The van der Waals surface area contributed by atoms with Crippen molar-refractivity contribution in [1.82, 2.24) is 15.3 Å². The Morgan fingerprint density at radius 1 is 1.15 bits per heavy atom. The molecule has 4 aromatic rings. The molecule has 0 spiro atoms. The number of benzene rings is 1. The first-order chi connectivity index (χ1) is 18.9. The molecule has 1 aromatic carbocycles. The minimum Gasteiger partial charge on any atom is -0.491 e. The van der Waals surface area contributed by atoms with Gasteiger partial charge in [0.15, 0.2) is 5.13 Å². The molecule has 0 radical (unpaired) electrons. The van der Waals surface area contributed by atoms with Crippen LogP contribution in [-0.4, -0.2) is 43.2 Å². The van der Waals surface area contributed by atoms with Crippen LogP contribution in [0.25, 0.3) is 21.7 Å². The van der Waals surface area contributed by atoms with Crippen LogP contribution in [0.5, 0.6) is 5.75 Å². The van der Waals surface area contributed by atoms with Gasteiger partial charge in [-0.15, -0.1) is 22.7 Å². The first-order valence-corrected chi connectivity index (χ1v) is 14.9. The van der Waals surface area contributed by atoms with Crippen molar-refractivity contribution in [3.63, 3.8) is 0 Å². The zero-order valence-electron chi connectivity index (χ0n) is 23.1. The molecule has 0 unspecified atom stereocenters. The fourth-order valence-corrected chi connectivity index (χ4v) is 5.82. The molecule has 0 bridgehead atoms. The molecular formula is C29H35ClN4O3S2. The zero-order chi connectivity index (χ0) is 28.4. The number of carbonyl (C=O) groups is 1. The van der Waals surface area contributed by atoms with Gasteiger partial charge in [-0.05, 0) is 55.1 Å². The molecule has 0 amide bonds. The highest BCUT2D eigenvalue weighted by molar-refractivity contribution is 7.16. The van der Waals surface area contributed by atoms with E-state index in [9.17, 15) is 4.79 Å². The maximum absolute atomic E-state index is 12.6. The minimum absolute atomic E-state index is 0.349. The maximum Gasteiger partial charge on any atom is 0.341 e. The Bertz CT molecular complexity index is 1360. The van der Waals surface area contributed by atoms with Crippen molar-refractivity contribution in [2.45, 2.75) is 34.1 Å². The standard InChI is InChI=1S/C27H29ClN4O3S2.C2H6/c1-16(2)12-23-24(17-7-8-21(20(28)14-17)35-10-9-29-3)31-27(37-23)32-25-19(26(33)34-4)13-18(15-30-25)22-6-5-11-36-22;1-2/h5-8,11,13-16,29H,9-10,12H2,1-4H3,(H,30,31,32);1-2H3. The Morgan fingerprint density at radius 2 is 1.95 bits per heavy atom. The van der Waals surface area contributed by atoms with Crippen molar-refractivity contribution in [3.05, 3.63) is 63.4 Å². The van der Waals surface area contributed by atoms with Gasteiger partial charge in [0.2, 0.25) is 0 Å². The molecule has 208 valence electrons. The Hall–Kier alpha value is -2.98. The predicted octanol–water partition coefficient (Wildman–Crippen LogP) is 7.94. The highest BCUT2D eigenvalue weighted by atomic mass is 35.5. The van der Waals surface area contributed by atoms with Crippen LogP contribution in [0.1, 0.15) is 42.9 Å². The molecule has 3 heterocycles. The van der Waals surface area contributed by atoms with Gasteiger partial charge in [0, 0.05) is 33.6 Å². The van der Waals surface area contributed by atoms with Crippen LogP contribution in [0, 0.1) is 5.92 Å². The van der Waals surface area contributed by atoms with Crippen LogP contribution in [0.15, 0.2) is 48.0 Å². The van der Waals surface area contributed by atoms with Gasteiger partial charge in [-0.2, -0.15) is 0 Å². The quantitative estimate of drug-likeness (QED) is 0.136. The molecule has 0 saturated carbocycles. The summed E-state index contributed by atoms with van der Waals surface area (Å²) in [4.78, 5) is 24.2. The summed E-state index contributed by atoms with van der Waals surface area (Å²) in [5.41, 5.74) is 2.95. The van der Waals surface area contributed by atoms with Gasteiger partial charge in [-0.1, -0.05) is 45.4 Å². The number of hydrogen-bond donors (Lipinski definition) is 2. The number of aromatic nitrogens is 2. The van der Waals surface area contributed by atoms with E-state index in [0.717, 1.165) is 39.5 Å². The van der Waals surface area contributed by atoms with Gasteiger partial charge >= 0.3 is 5.97 Å². The van der Waals surface area contributed by atoms with Crippen LogP contribution < -0.4 is 15.4 Å². The first kappa shape index (κ1) is 30.6. The normalized spacial score (nSPS) is 10.7. The molecule has 0 aliphatic rings. The Morgan fingerprint density at radius 3 is 2.59 bits per heavy atom. The third kappa shape index (κ3) is 8.02. The number of nitrogens with zero attached hydrogens (tertiary/aromatic N) is 2. The van der Waals surface area contributed by atoms with Gasteiger partial charge in [-0.25, -0.2) is 14.8 Å². The lowest BCUT2D eigenvalue weighted by Gasteiger charge is -2.10. The summed E-state index contributed by atoms with van der Waals surface area (Å²) in [6, 6.07) is 11.5. The van der Waals surface area contributed by atoms with Gasteiger partial charge < -0.3 is 20.1 Å². The largest absolute Gasteiger partial charge is 0.491 e. The molecule has 3 aromatic heterocycles. The van der Waals surface area contributed by atoms with E-state index >= 15 is 0 Å². The zero-order valence-corrected chi connectivity index (χ0v) is 25.5. The molecular weight excluding hydrogens is 552 g/mol. The number of rotatable bonds is 11. The summed E-state index contributed by atoms with van der Waals surface area (Å²) in [7, 11) is 3.24. The molecule has 4 rings (SSSR count). The minimum atomic E-state index is -0.465. The number of ether oxygens (including phenoxy) is 2. The molecule has 0 saturated heterocycles. The number of nitrogens with one attached hydrogen (secondary N) is 2. The fraction of sp³-hybridized carbons (Fsp3) is 0.345. The molecule has 2 N–H and O–H groups in total. The van der Waals surface area contributed by atoms with Crippen LogP contribution in [0.4, 0.5) is 10.9 Å². The number of thiophene rings is 1. The molecule has 39 heavy (non-hydrogen) atoms. The van der Waals surface area contributed by atoms with Crippen molar-refractivity contribution >= 4 is 51.2 Å². The number of likely N-dealkylation sites (N-methyl/N-ethyl adjacent to an activating group) is 1. The van der Waals surface area contributed by atoms with E-state index in [1.54, 1.807) is 23.6 Å². The van der Waals surface area contributed by atoms with Crippen molar-refractivity contribution in [1.29, 1.82) is 0 Å². The number of pyridine rings is 1. The van der Waals surface area contributed by atoms with E-state index in [-0.39, 0.29) is 0 Å². The summed E-state index contributed by atoms with van der Waals surface area (Å²) in [5, 5.41) is 9.46. The lowest BCUT2D eigenvalue weighted by Crippen LogP contribution is -2.16. The number of carbonyl (C=O) groups excluding carboxylic acids is 1. The van der Waals surface area contributed by atoms with Gasteiger partial charge in [0.25, 0.3) is 0 Å². The SMILES string of the molecule is CC.CNCCOc1ccc(-c2nc(Nc3ncc(-c4cccs4)cc3C(=O)OC)sc2CC(C)C)cc1Cl. The monoisotopic (exact) mass is 586 g/mol. The van der Waals surface area contributed by atoms with Crippen molar-refractivity contribution < 1.29 is 14.3 Å². The third-order valence-electron chi connectivity index (χ3n) is 5.43. The summed E-state index contributed by atoms with van der Waals surface area (Å²) in [6.07, 6.45) is 2.60. The number of thiazole rings is 1. The molecule has 0 fully saturated rings.